The van der Waals surface area contributed by atoms with Crippen LogP contribution in [-0.4, -0.2) is 49.0 Å². The van der Waals surface area contributed by atoms with Crippen molar-refractivity contribution in [2.45, 2.75) is 37.9 Å². The molecule has 0 aromatic carbocycles. The van der Waals surface area contributed by atoms with E-state index in [0.717, 1.165) is 17.7 Å². The molecule has 2 aliphatic heterocycles. The molecule has 2 aromatic rings. The van der Waals surface area contributed by atoms with Gasteiger partial charge in [-0.3, -0.25) is 9.59 Å². The Morgan fingerprint density at radius 2 is 2.26 bits per heavy atom. The van der Waals surface area contributed by atoms with Gasteiger partial charge in [0.1, 0.15) is 0 Å². The Kier molecular flexibility index (Phi) is 3.41. The molecule has 7 nitrogen and oxygen atoms in total. The number of nitrogens with zero attached hydrogens (tertiary/aromatic N) is 4. The number of amides is 1. The maximum absolute atomic E-state index is 12.7. The van der Waals surface area contributed by atoms with Gasteiger partial charge in [-0.05, 0) is 30.7 Å². The van der Waals surface area contributed by atoms with Gasteiger partial charge in [0.15, 0.2) is 5.69 Å². The molecule has 120 valence electrons. The highest BCUT2D eigenvalue weighted by Gasteiger charge is 2.51. The van der Waals surface area contributed by atoms with Crippen LogP contribution in [0.2, 0.25) is 0 Å². The zero-order chi connectivity index (χ0) is 16.0. The van der Waals surface area contributed by atoms with Crippen LogP contribution in [0.4, 0.5) is 0 Å². The number of carbonyl (C=O) groups is 2. The average molecular weight is 332 g/mol. The molecule has 1 amide bonds. The fraction of sp³-hybridized carbons (Fsp3) is 0.467. The van der Waals surface area contributed by atoms with Crippen molar-refractivity contribution >= 4 is 23.2 Å². The van der Waals surface area contributed by atoms with E-state index >= 15 is 0 Å². The quantitative estimate of drug-likeness (QED) is 0.916. The molecule has 4 rings (SSSR count). The average Bonchev–Trinajstić information content (AvgIpc) is 3.31. The number of carboxylic acid groups (broad SMARTS) is 1. The van der Waals surface area contributed by atoms with Crippen molar-refractivity contribution < 1.29 is 14.7 Å². The first-order valence-electron chi connectivity index (χ1n) is 7.61. The first kappa shape index (κ1) is 14.4. The fourth-order valence-corrected chi connectivity index (χ4v) is 4.43. The summed E-state index contributed by atoms with van der Waals surface area (Å²) in [5.74, 6) is -1.45. The number of thiophene rings is 1. The first-order chi connectivity index (χ1) is 11.1. The van der Waals surface area contributed by atoms with E-state index in [-0.39, 0.29) is 18.0 Å². The lowest BCUT2D eigenvalue weighted by atomic mass is 9.89. The van der Waals surface area contributed by atoms with E-state index in [2.05, 4.69) is 10.3 Å². The summed E-state index contributed by atoms with van der Waals surface area (Å²) in [4.78, 5) is 26.9. The number of hydrogen-bond donors (Lipinski definition) is 1. The highest BCUT2D eigenvalue weighted by Crippen LogP contribution is 2.42. The lowest BCUT2D eigenvalue weighted by Crippen LogP contribution is -2.38. The normalized spacial score (nSPS) is 25.9. The van der Waals surface area contributed by atoms with E-state index in [1.807, 2.05) is 17.5 Å². The topological polar surface area (TPSA) is 88.3 Å². The van der Waals surface area contributed by atoms with Crippen LogP contribution in [0.5, 0.6) is 0 Å². The molecule has 3 atom stereocenters. The molecule has 0 aliphatic carbocycles. The molecule has 0 unspecified atom stereocenters. The highest BCUT2D eigenvalue weighted by molar-refractivity contribution is 7.09. The van der Waals surface area contributed by atoms with Crippen molar-refractivity contribution in [3.8, 4) is 0 Å². The molecule has 8 heteroatoms. The second-order valence-corrected chi connectivity index (χ2v) is 7.10. The molecule has 4 heterocycles. The molecular weight excluding hydrogens is 316 g/mol. The van der Waals surface area contributed by atoms with Crippen LogP contribution < -0.4 is 0 Å². The van der Waals surface area contributed by atoms with Gasteiger partial charge in [0.05, 0.1) is 18.7 Å². The van der Waals surface area contributed by atoms with E-state index < -0.39 is 11.9 Å². The Balaban J connectivity index is 1.52. The molecule has 2 fully saturated rings. The molecule has 0 radical (unpaired) electrons. The zero-order valence-corrected chi connectivity index (χ0v) is 13.1. The summed E-state index contributed by atoms with van der Waals surface area (Å²) in [6.45, 7) is 0.586. The lowest BCUT2D eigenvalue weighted by Gasteiger charge is -2.21. The van der Waals surface area contributed by atoms with Crippen molar-refractivity contribution in [3.63, 3.8) is 0 Å². The van der Waals surface area contributed by atoms with Crippen LogP contribution in [0.1, 0.15) is 34.6 Å². The molecule has 23 heavy (non-hydrogen) atoms. The van der Waals surface area contributed by atoms with Crippen LogP contribution in [0.3, 0.4) is 0 Å². The van der Waals surface area contributed by atoms with Crippen molar-refractivity contribution in [3.05, 3.63) is 34.3 Å². The number of fused-ring (bicyclic) bond motifs is 2. The summed E-state index contributed by atoms with van der Waals surface area (Å²) < 4.78 is 1.64. The Hall–Kier alpha value is -2.22. The van der Waals surface area contributed by atoms with Crippen molar-refractivity contribution in [2.24, 2.45) is 5.92 Å². The predicted octanol–water partition coefficient (Wildman–Crippen LogP) is 1.47. The molecule has 0 saturated carbocycles. The molecule has 1 N–H and O–H groups in total. The van der Waals surface area contributed by atoms with Crippen molar-refractivity contribution in [1.29, 1.82) is 0 Å². The second kappa shape index (κ2) is 5.45. The summed E-state index contributed by atoms with van der Waals surface area (Å²) in [7, 11) is 0. The van der Waals surface area contributed by atoms with Gasteiger partial charge < -0.3 is 10.0 Å². The minimum absolute atomic E-state index is 0.0241. The SMILES string of the molecule is O=C(O)[C@@H]1C[C@H]2CC[C@@H]1N2C(=O)c1cn(Cc2cccs2)nn1. The van der Waals surface area contributed by atoms with Crippen LogP contribution in [0.15, 0.2) is 23.7 Å². The Morgan fingerprint density at radius 1 is 1.39 bits per heavy atom. The van der Waals surface area contributed by atoms with E-state index in [1.54, 1.807) is 27.1 Å². The van der Waals surface area contributed by atoms with Gasteiger partial charge in [0.25, 0.3) is 5.91 Å². The monoisotopic (exact) mass is 332 g/mol. The third-order valence-corrected chi connectivity index (χ3v) is 5.61. The molecule has 0 spiro atoms. The van der Waals surface area contributed by atoms with Crippen molar-refractivity contribution in [2.75, 3.05) is 0 Å². The molecular formula is C15H16N4O3S. The maximum Gasteiger partial charge on any atom is 0.308 e. The van der Waals surface area contributed by atoms with Crippen LogP contribution in [0.25, 0.3) is 0 Å². The van der Waals surface area contributed by atoms with Gasteiger partial charge in [0.2, 0.25) is 0 Å². The Morgan fingerprint density at radius 3 is 2.96 bits per heavy atom. The number of aromatic nitrogens is 3. The second-order valence-electron chi connectivity index (χ2n) is 6.07. The zero-order valence-electron chi connectivity index (χ0n) is 12.3. The van der Waals surface area contributed by atoms with Gasteiger partial charge in [-0.1, -0.05) is 11.3 Å². The first-order valence-corrected chi connectivity index (χ1v) is 8.49. The number of rotatable bonds is 4. The number of carbonyl (C=O) groups excluding carboxylic acids is 1. The van der Waals surface area contributed by atoms with E-state index in [4.69, 9.17) is 0 Å². The molecule has 2 aliphatic rings. The molecule has 2 bridgehead atoms. The number of carboxylic acids is 1. The van der Waals surface area contributed by atoms with E-state index in [0.29, 0.717) is 18.7 Å². The largest absolute Gasteiger partial charge is 0.481 e. The van der Waals surface area contributed by atoms with Gasteiger partial charge >= 0.3 is 5.97 Å². The summed E-state index contributed by atoms with van der Waals surface area (Å²) in [6.07, 6.45) is 3.84. The van der Waals surface area contributed by atoms with Gasteiger partial charge in [-0.15, -0.1) is 16.4 Å². The van der Waals surface area contributed by atoms with Crippen LogP contribution in [0, 0.1) is 5.92 Å². The summed E-state index contributed by atoms with van der Waals surface area (Å²) in [5, 5.41) is 19.3. The Labute approximate surface area is 136 Å². The third-order valence-electron chi connectivity index (χ3n) is 4.74. The summed E-state index contributed by atoms with van der Waals surface area (Å²) >= 11 is 1.63. The van der Waals surface area contributed by atoms with Crippen LogP contribution in [-0.2, 0) is 11.3 Å². The van der Waals surface area contributed by atoms with Gasteiger partial charge in [-0.2, -0.15) is 0 Å². The van der Waals surface area contributed by atoms with Gasteiger partial charge in [0, 0.05) is 17.0 Å². The fourth-order valence-electron chi connectivity index (χ4n) is 3.74. The smallest absolute Gasteiger partial charge is 0.308 e. The molecule has 2 saturated heterocycles. The Bertz CT molecular complexity index is 742. The third kappa shape index (κ3) is 2.42. The van der Waals surface area contributed by atoms with E-state index in [1.165, 1.54) is 0 Å². The molecule has 2 aromatic heterocycles. The van der Waals surface area contributed by atoms with Crippen LogP contribution >= 0.6 is 11.3 Å². The van der Waals surface area contributed by atoms with E-state index in [9.17, 15) is 14.7 Å². The number of hydrogen-bond acceptors (Lipinski definition) is 5. The predicted molar refractivity (Wildman–Crippen MR) is 82.2 cm³/mol. The highest BCUT2D eigenvalue weighted by atomic mass is 32.1. The summed E-state index contributed by atoms with van der Waals surface area (Å²) in [5.41, 5.74) is 0.296. The lowest BCUT2D eigenvalue weighted by molar-refractivity contribution is -0.142. The van der Waals surface area contributed by atoms with Crippen molar-refractivity contribution in [1.82, 2.24) is 19.9 Å². The number of aliphatic carboxylic acids is 1. The van der Waals surface area contributed by atoms with Gasteiger partial charge in [-0.25, -0.2) is 4.68 Å². The maximum atomic E-state index is 12.7. The standard InChI is InChI=1S/C15H16N4O3S/c20-14(19-9-3-4-13(19)11(6-9)15(21)22)12-8-18(17-16-12)7-10-2-1-5-23-10/h1-2,5,8-9,11,13H,3-4,6-7H2,(H,21,22)/t9-,11-,13+/m1/s1. The minimum atomic E-state index is -0.809. The summed E-state index contributed by atoms with van der Waals surface area (Å²) in [6, 6.07) is 3.80. The minimum Gasteiger partial charge on any atom is -0.481 e.